The molecule has 2 aromatic carbocycles. The fourth-order valence-electron chi connectivity index (χ4n) is 3.36. The van der Waals surface area contributed by atoms with Crippen molar-refractivity contribution >= 4 is 29.5 Å². The molecular weight excluding hydrogens is 456 g/mol. The van der Waals surface area contributed by atoms with E-state index in [1.54, 1.807) is 18.2 Å². The van der Waals surface area contributed by atoms with Gasteiger partial charge in [0.05, 0.1) is 19.3 Å². The number of amides is 2. The molecule has 3 N–H and O–H groups in total. The first kappa shape index (κ1) is 27.0. The van der Waals surface area contributed by atoms with Gasteiger partial charge in [0.15, 0.2) is 0 Å². The fourth-order valence-corrected chi connectivity index (χ4v) is 3.36. The van der Waals surface area contributed by atoms with Crippen LogP contribution in [0.25, 0.3) is 0 Å². The van der Waals surface area contributed by atoms with Crippen molar-refractivity contribution in [3.8, 4) is 5.75 Å². The first-order valence-electron chi connectivity index (χ1n) is 11.0. The summed E-state index contributed by atoms with van der Waals surface area (Å²) in [6.07, 6.45) is -0.169. The summed E-state index contributed by atoms with van der Waals surface area (Å²) in [4.78, 5) is 64.9. The molecule has 2 rings (SSSR count). The molecule has 0 unspecified atom stereocenters. The van der Waals surface area contributed by atoms with Crippen LogP contribution >= 0.6 is 0 Å². The lowest BCUT2D eigenvalue weighted by molar-refractivity contribution is -0.171. The lowest BCUT2D eigenvalue weighted by Gasteiger charge is -2.31. The van der Waals surface area contributed by atoms with Crippen molar-refractivity contribution in [3.63, 3.8) is 0 Å². The van der Waals surface area contributed by atoms with Gasteiger partial charge in [-0.1, -0.05) is 30.3 Å². The third-order valence-corrected chi connectivity index (χ3v) is 4.93. The number of hydrogen-bond donors (Lipinski definition) is 3. The minimum Gasteiger partial charge on any atom is -0.508 e. The van der Waals surface area contributed by atoms with Crippen LogP contribution in [-0.2, 0) is 35.1 Å². The highest BCUT2D eigenvalue weighted by atomic mass is 16.6. The summed E-state index contributed by atoms with van der Waals surface area (Å²) in [6, 6.07) is 12.3. The standard InChI is InChI=1S/C25H28N2O8/c1-4-34-23(32)25(27-16(3)28,24(33)35-5-2)21(30)20(15-17-11-13-19(29)14-12-17)26-22(31)18-9-7-6-8-10-18/h6-14,20,29H,4-5,15H2,1-3H3,(H,26,31)(H,27,28)/t20-/m0/s1. The quantitative estimate of drug-likeness (QED) is 0.319. The maximum Gasteiger partial charge on any atom is 0.351 e. The summed E-state index contributed by atoms with van der Waals surface area (Å²) >= 11 is 0. The molecule has 0 aromatic heterocycles. The Balaban J connectivity index is 2.59. The summed E-state index contributed by atoms with van der Waals surface area (Å²) in [5.41, 5.74) is -2.11. The minimum absolute atomic E-state index is 0.0180. The average Bonchev–Trinajstić information content (AvgIpc) is 2.83. The molecule has 2 amide bonds. The van der Waals surface area contributed by atoms with Crippen LogP contribution in [0.1, 0.15) is 36.7 Å². The molecule has 10 heteroatoms. The highest BCUT2D eigenvalue weighted by Crippen LogP contribution is 2.20. The van der Waals surface area contributed by atoms with Crippen LogP contribution in [0.3, 0.4) is 0 Å². The summed E-state index contributed by atoms with van der Waals surface area (Å²) in [5.74, 6) is -5.33. The lowest BCUT2D eigenvalue weighted by atomic mass is 9.85. The van der Waals surface area contributed by atoms with E-state index in [0.717, 1.165) is 6.92 Å². The first-order chi connectivity index (χ1) is 16.6. The number of benzene rings is 2. The predicted molar refractivity (Wildman–Crippen MR) is 124 cm³/mol. The Morgan fingerprint density at radius 2 is 1.43 bits per heavy atom. The molecule has 0 aliphatic rings. The van der Waals surface area contributed by atoms with Crippen molar-refractivity contribution in [2.45, 2.75) is 38.8 Å². The zero-order chi connectivity index (χ0) is 26.0. The van der Waals surface area contributed by atoms with Crippen LogP contribution in [0.2, 0.25) is 0 Å². The number of esters is 2. The van der Waals surface area contributed by atoms with Gasteiger partial charge in [0.1, 0.15) is 5.75 Å². The van der Waals surface area contributed by atoms with Gasteiger partial charge in [0.25, 0.3) is 11.4 Å². The van der Waals surface area contributed by atoms with Crippen molar-refractivity contribution in [2.75, 3.05) is 13.2 Å². The van der Waals surface area contributed by atoms with Gasteiger partial charge in [-0.15, -0.1) is 0 Å². The van der Waals surface area contributed by atoms with Gasteiger partial charge in [0, 0.05) is 12.5 Å². The van der Waals surface area contributed by atoms with Crippen LogP contribution in [0.15, 0.2) is 54.6 Å². The number of ketones is 1. The zero-order valence-electron chi connectivity index (χ0n) is 19.7. The Morgan fingerprint density at radius 1 is 0.886 bits per heavy atom. The van der Waals surface area contributed by atoms with Crippen molar-refractivity contribution in [1.82, 2.24) is 10.6 Å². The number of aromatic hydroxyl groups is 1. The van der Waals surface area contributed by atoms with Crippen LogP contribution in [-0.4, -0.2) is 59.4 Å². The normalized spacial score (nSPS) is 11.6. The second-order valence-corrected chi connectivity index (χ2v) is 7.50. The zero-order valence-corrected chi connectivity index (χ0v) is 19.7. The number of nitrogens with one attached hydrogen (secondary N) is 2. The molecule has 2 aromatic rings. The number of carbonyl (C=O) groups is 5. The Hall–Kier alpha value is -4.21. The van der Waals surface area contributed by atoms with Crippen LogP contribution in [0.4, 0.5) is 0 Å². The van der Waals surface area contributed by atoms with E-state index in [9.17, 15) is 29.1 Å². The number of rotatable bonds is 11. The number of phenols is 1. The predicted octanol–water partition coefficient (Wildman–Crippen LogP) is 1.30. The number of carbonyl (C=O) groups excluding carboxylic acids is 5. The topological polar surface area (TPSA) is 148 Å². The first-order valence-corrected chi connectivity index (χ1v) is 11.0. The van der Waals surface area contributed by atoms with E-state index in [0.29, 0.717) is 5.56 Å². The van der Waals surface area contributed by atoms with Crippen LogP contribution < -0.4 is 10.6 Å². The van der Waals surface area contributed by atoms with E-state index in [1.807, 2.05) is 0 Å². The Morgan fingerprint density at radius 3 is 1.91 bits per heavy atom. The third-order valence-electron chi connectivity index (χ3n) is 4.93. The van der Waals surface area contributed by atoms with Crippen molar-refractivity contribution in [2.24, 2.45) is 0 Å². The van der Waals surface area contributed by atoms with Crippen LogP contribution in [0.5, 0.6) is 5.75 Å². The largest absolute Gasteiger partial charge is 0.508 e. The van der Waals surface area contributed by atoms with Gasteiger partial charge >= 0.3 is 11.9 Å². The van der Waals surface area contributed by atoms with E-state index in [-0.39, 0.29) is 30.9 Å². The second kappa shape index (κ2) is 12.3. The third kappa shape index (κ3) is 6.66. The smallest absolute Gasteiger partial charge is 0.351 e. The lowest BCUT2D eigenvalue weighted by Crippen LogP contribution is -2.70. The van der Waals surface area contributed by atoms with E-state index in [1.165, 1.54) is 50.2 Å². The molecule has 0 spiro atoms. The summed E-state index contributed by atoms with van der Waals surface area (Å²) < 4.78 is 9.96. The molecule has 0 saturated carbocycles. The van der Waals surface area contributed by atoms with Crippen molar-refractivity contribution in [3.05, 3.63) is 65.7 Å². The maximum atomic E-state index is 13.9. The SMILES string of the molecule is CCOC(=O)C(NC(C)=O)(C(=O)OCC)C(=O)[C@H](Cc1ccc(O)cc1)NC(=O)c1ccccc1. The van der Waals surface area contributed by atoms with E-state index < -0.39 is 41.1 Å². The maximum absolute atomic E-state index is 13.9. The van der Waals surface area contributed by atoms with E-state index in [2.05, 4.69) is 10.6 Å². The van der Waals surface area contributed by atoms with Gasteiger partial charge < -0.3 is 25.2 Å². The minimum atomic E-state index is -2.84. The van der Waals surface area contributed by atoms with Gasteiger partial charge in [-0.05, 0) is 50.1 Å². The summed E-state index contributed by atoms with van der Waals surface area (Å²) in [6.45, 7) is 3.59. The molecule has 1 atom stereocenters. The Labute approximate surface area is 202 Å². The van der Waals surface area contributed by atoms with Gasteiger partial charge in [-0.3, -0.25) is 14.4 Å². The van der Waals surface area contributed by atoms with Gasteiger partial charge in [0.2, 0.25) is 11.7 Å². The van der Waals surface area contributed by atoms with Crippen LogP contribution in [0, 0.1) is 0 Å². The molecular formula is C25H28N2O8. The fraction of sp³-hybridized carbons (Fsp3) is 0.320. The molecule has 0 saturated heterocycles. The molecule has 0 bridgehead atoms. The Bertz CT molecular complexity index is 1050. The molecule has 0 aliphatic carbocycles. The number of phenolic OH excluding ortho intramolecular Hbond substituents is 1. The van der Waals surface area contributed by atoms with Crippen molar-refractivity contribution < 1.29 is 38.6 Å². The average molecular weight is 485 g/mol. The van der Waals surface area contributed by atoms with E-state index in [4.69, 9.17) is 9.47 Å². The highest BCUT2D eigenvalue weighted by Gasteiger charge is 2.58. The molecule has 0 aliphatic heterocycles. The second-order valence-electron chi connectivity index (χ2n) is 7.50. The summed E-state index contributed by atoms with van der Waals surface area (Å²) in [7, 11) is 0. The monoisotopic (exact) mass is 484 g/mol. The molecule has 0 heterocycles. The Kier molecular flexibility index (Phi) is 9.51. The molecule has 35 heavy (non-hydrogen) atoms. The van der Waals surface area contributed by atoms with Crippen molar-refractivity contribution in [1.29, 1.82) is 0 Å². The highest BCUT2D eigenvalue weighted by molar-refractivity contribution is 6.28. The van der Waals surface area contributed by atoms with Gasteiger partial charge in [-0.2, -0.15) is 0 Å². The molecule has 0 radical (unpaired) electrons. The molecule has 0 fully saturated rings. The van der Waals surface area contributed by atoms with Gasteiger partial charge in [-0.25, -0.2) is 9.59 Å². The molecule has 10 nitrogen and oxygen atoms in total. The molecule has 186 valence electrons. The number of Topliss-reactive ketones (excluding diaryl/α,β-unsaturated/α-hetero) is 1. The summed E-state index contributed by atoms with van der Waals surface area (Å²) in [5, 5.41) is 14.3. The number of hydrogen-bond acceptors (Lipinski definition) is 8. The number of ether oxygens (including phenoxy) is 2. The van der Waals surface area contributed by atoms with E-state index >= 15 is 0 Å².